The largest absolute Gasteiger partial charge is 0.475 e. The second kappa shape index (κ2) is 16.6. The van der Waals surface area contributed by atoms with E-state index in [-0.39, 0.29) is 53.2 Å². The number of carbonyl (C=O) groups is 1. The average Bonchev–Trinajstić information content (AvgIpc) is 3.50. The molecule has 10 atom stereocenters. The number of ether oxygens (including phenoxy) is 1. The number of hydrogen-bond donors (Lipinski definition) is 0. The fourth-order valence-electron chi connectivity index (χ4n) is 11.3. The van der Waals surface area contributed by atoms with Crippen LogP contribution in [0.3, 0.4) is 0 Å². The first-order chi connectivity index (χ1) is 25.5. The Hall–Kier alpha value is -1.80. The SMILES string of the molecule is COC(=O)CC[C@@H](C)C1CC[C@H]2[C@@H]3[C@H](OP(=O)(OCc4ccccc4)OCc4ccccc4)C[C@@H]4CC(O[Si](C)(C)C(C)(C)C)CC[C@]4(C)[C@H]3CC[C@]12C. The number of hydrogen-bond acceptors (Lipinski definition) is 7. The molecule has 7 nitrogen and oxygen atoms in total. The maximum atomic E-state index is 15.1. The molecule has 2 aromatic rings. The molecule has 2 aromatic carbocycles. The number of methoxy groups -OCH3 is 1. The molecule has 0 aromatic heterocycles. The lowest BCUT2D eigenvalue weighted by Gasteiger charge is -2.63. The van der Waals surface area contributed by atoms with E-state index in [0.717, 1.165) is 62.5 Å². The first-order valence-corrected chi connectivity index (χ1v) is 25.2. The van der Waals surface area contributed by atoms with Crippen LogP contribution in [0.15, 0.2) is 60.7 Å². The summed E-state index contributed by atoms with van der Waals surface area (Å²) in [5, 5.41) is 0.150. The Kier molecular flexibility index (Phi) is 12.8. The molecule has 0 bridgehead atoms. The topological polar surface area (TPSA) is 80.3 Å². The summed E-state index contributed by atoms with van der Waals surface area (Å²) in [6, 6.07) is 19.8. The summed E-state index contributed by atoms with van der Waals surface area (Å²) in [6.45, 7) is 19.5. The molecule has 0 saturated heterocycles. The molecule has 9 heteroatoms. The van der Waals surface area contributed by atoms with Crippen molar-refractivity contribution in [3.63, 3.8) is 0 Å². The highest BCUT2D eigenvalue weighted by Crippen LogP contribution is 2.70. The van der Waals surface area contributed by atoms with E-state index in [1.54, 1.807) is 0 Å². The quantitative estimate of drug-likeness (QED) is 0.107. The van der Waals surface area contributed by atoms with E-state index in [0.29, 0.717) is 36.0 Å². The van der Waals surface area contributed by atoms with E-state index in [2.05, 4.69) is 54.6 Å². The van der Waals surface area contributed by atoms with Gasteiger partial charge in [0.2, 0.25) is 0 Å². The summed E-state index contributed by atoms with van der Waals surface area (Å²) in [5.41, 5.74) is 2.14. The van der Waals surface area contributed by atoms with Gasteiger partial charge < -0.3 is 9.16 Å². The lowest BCUT2D eigenvalue weighted by atomic mass is 9.43. The highest BCUT2D eigenvalue weighted by molar-refractivity contribution is 7.48. The van der Waals surface area contributed by atoms with Crippen LogP contribution >= 0.6 is 7.82 Å². The minimum atomic E-state index is -4.02. The molecule has 4 fully saturated rings. The van der Waals surface area contributed by atoms with Gasteiger partial charge in [0.1, 0.15) is 0 Å². The van der Waals surface area contributed by atoms with Crippen LogP contribution in [0, 0.1) is 46.3 Å². The molecule has 6 rings (SSSR count). The molecule has 0 aliphatic heterocycles. The van der Waals surface area contributed by atoms with Crippen LogP contribution in [0.5, 0.6) is 0 Å². The van der Waals surface area contributed by atoms with Crippen molar-refractivity contribution in [3.05, 3.63) is 71.8 Å². The lowest BCUT2D eigenvalue weighted by Crippen LogP contribution is -2.59. The number of carbonyl (C=O) groups excluding carboxylic acids is 1. The average molecular weight is 781 g/mol. The van der Waals surface area contributed by atoms with Crippen LogP contribution in [0.1, 0.15) is 117 Å². The van der Waals surface area contributed by atoms with Crippen molar-refractivity contribution in [2.24, 2.45) is 46.3 Å². The first-order valence-electron chi connectivity index (χ1n) is 20.9. The second-order valence-corrected chi connectivity index (χ2v) is 25.8. The number of benzene rings is 2. The predicted octanol–water partition coefficient (Wildman–Crippen LogP) is 12.2. The second-order valence-electron chi connectivity index (χ2n) is 19.4. The third-order valence-electron chi connectivity index (χ3n) is 15.4. The van der Waals surface area contributed by atoms with Gasteiger partial charge in [-0.15, -0.1) is 0 Å². The van der Waals surface area contributed by atoms with Gasteiger partial charge in [-0.3, -0.25) is 18.4 Å². The first kappa shape index (κ1) is 41.8. The van der Waals surface area contributed by atoms with Crippen LogP contribution in [-0.2, 0) is 45.3 Å². The van der Waals surface area contributed by atoms with Gasteiger partial charge in [0.15, 0.2) is 8.32 Å². The fourth-order valence-corrected chi connectivity index (χ4v) is 14.1. The lowest BCUT2D eigenvalue weighted by molar-refractivity contribution is -0.171. The molecule has 0 amide bonds. The van der Waals surface area contributed by atoms with Crippen molar-refractivity contribution in [3.8, 4) is 0 Å². The summed E-state index contributed by atoms with van der Waals surface area (Å²) >= 11 is 0. The van der Waals surface area contributed by atoms with Gasteiger partial charge in [0, 0.05) is 12.5 Å². The Labute approximate surface area is 327 Å². The zero-order chi connectivity index (χ0) is 38.9. The smallest absolute Gasteiger partial charge is 0.469 e. The summed E-state index contributed by atoms with van der Waals surface area (Å²) in [4.78, 5) is 12.2. The van der Waals surface area contributed by atoms with E-state index in [4.69, 9.17) is 22.7 Å². The minimum absolute atomic E-state index is 0.115. The van der Waals surface area contributed by atoms with Gasteiger partial charge in [0.25, 0.3) is 0 Å². The van der Waals surface area contributed by atoms with Crippen LogP contribution in [0.4, 0.5) is 0 Å². The van der Waals surface area contributed by atoms with Crippen molar-refractivity contribution in [2.45, 2.75) is 149 Å². The highest BCUT2D eigenvalue weighted by Gasteiger charge is 2.64. The third-order valence-corrected chi connectivity index (χ3v) is 21.4. The maximum Gasteiger partial charge on any atom is 0.475 e. The van der Waals surface area contributed by atoms with Crippen LogP contribution in [0.2, 0.25) is 18.1 Å². The molecule has 4 saturated carbocycles. The minimum Gasteiger partial charge on any atom is -0.469 e. The van der Waals surface area contributed by atoms with Crippen LogP contribution < -0.4 is 0 Å². The van der Waals surface area contributed by atoms with E-state index in [1.807, 2.05) is 60.7 Å². The molecule has 4 aliphatic carbocycles. The molecule has 2 unspecified atom stereocenters. The molecule has 0 radical (unpaired) electrons. The van der Waals surface area contributed by atoms with Crippen molar-refractivity contribution >= 4 is 22.1 Å². The summed E-state index contributed by atoms with van der Waals surface area (Å²) in [6.07, 6.45) is 9.97. The van der Waals surface area contributed by atoms with Gasteiger partial charge in [-0.05, 0) is 133 Å². The van der Waals surface area contributed by atoms with Gasteiger partial charge >= 0.3 is 13.8 Å². The Morgan fingerprint density at radius 1 is 0.852 bits per heavy atom. The fraction of sp³-hybridized carbons (Fsp3) is 0.711. The van der Waals surface area contributed by atoms with Crippen molar-refractivity contribution in [1.29, 1.82) is 0 Å². The third kappa shape index (κ3) is 8.85. The monoisotopic (exact) mass is 780 g/mol. The molecule has 0 N–H and O–H groups in total. The zero-order valence-corrected chi connectivity index (χ0v) is 36.6. The Bertz CT molecular complexity index is 1550. The maximum absolute atomic E-state index is 15.1. The summed E-state index contributed by atoms with van der Waals surface area (Å²) in [5.74, 6) is 2.33. The summed E-state index contributed by atoms with van der Waals surface area (Å²) < 4.78 is 46.9. The highest BCUT2D eigenvalue weighted by atomic mass is 31.2. The van der Waals surface area contributed by atoms with Gasteiger partial charge in [-0.2, -0.15) is 0 Å². The van der Waals surface area contributed by atoms with Gasteiger partial charge in [0.05, 0.1) is 26.4 Å². The molecule has 54 heavy (non-hydrogen) atoms. The van der Waals surface area contributed by atoms with Crippen molar-refractivity contribution < 1.29 is 32.1 Å². The molecular weight excluding hydrogens is 712 g/mol. The Morgan fingerprint density at radius 2 is 1.43 bits per heavy atom. The van der Waals surface area contributed by atoms with Crippen LogP contribution in [-0.4, -0.2) is 33.6 Å². The molecular formula is C45H69O7PSi. The predicted molar refractivity (Wildman–Crippen MR) is 218 cm³/mol. The number of phosphoric ester groups is 1. The number of rotatable bonds is 14. The zero-order valence-electron chi connectivity index (χ0n) is 34.7. The number of fused-ring (bicyclic) bond motifs is 5. The summed E-state index contributed by atoms with van der Waals surface area (Å²) in [7, 11) is -4.49. The van der Waals surface area contributed by atoms with E-state index < -0.39 is 16.1 Å². The number of phosphoric acid groups is 1. The molecule has 0 heterocycles. The molecule has 4 aliphatic rings. The van der Waals surface area contributed by atoms with E-state index >= 15 is 4.57 Å². The van der Waals surface area contributed by atoms with E-state index in [9.17, 15) is 4.79 Å². The van der Waals surface area contributed by atoms with Crippen LogP contribution in [0.25, 0.3) is 0 Å². The Balaban J connectivity index is 1.32. The Morgan fingerprint density at radius 3 is 2.00 bits per heavy atom. The normalized spacial score (nSPS) is 33.3. The molecule has 300 valence electrons. The van der Waals surface area contributed by atoms with Gasteiger partial charge in [-0.25, -0.2) is 4.57 Å². The number of esters is 1. The van der Waals surface area contributed by atoms with Crippen molar-refractivity contribution in [2.75, 3.05) is 7.11 Å². The van der Waals surface area contributed by atoms with Gasteiger partial charge in [-0.1, -0.05) is 102 Å². The molecule has 0 spiro atoms. The van der Waals surface area contributed by atoms with E-state index in [1.165, 1.54) is 13.5 Å². The standard InChI is InChI=1S/C45H69O7PSi/c1-32(20-23-41(46)48-7)37-21-22-38-42-39(25-27-45(37,38)6)44(5)26-24-36(52-54(8,9)43(2,3)4)28-35(44)29-40(42)51-53(47,49-30-33-16-12-10-13-17-33)50-31-34-18-14-11-15-19-34/h10-19,32,35-40,42H,20-31H2,1-9H3/t32-,35+,36?,37?,38+,39+,40-,42+,44+,45-/m1/s1. The van der Waals surface area contributed by atoms with Crippen molar-refractivity contribution in [1.82, 2.24) is 0 Å².